The van der Waals surface area contributed by atoms with Crippen molar-refractivity contribution in [2.24, 2.45) is 5.73 Å². The first-order valence-corrected chi connectivity index (χ1v) is 4.48. The second-order valence-corrected chi connectivity index (χ2v) is 2.85. The molecule has 3 N–H and O–H groups in total. The number of likely N-dealkylation sites (N-methyl/N-ethyl adjacent to an activating group) is 1. The zero-order chi connectivity index (χ0) is 10.4. The molecule has 0 bridgehead atoms. The Hall–Kier alpha value is -1.43. The van der Waals surface area contributed by atoms with Gasteiger partial charge in [0.2, 0.25) is 11.8 Å². The third-order valence-electron chi connectivity index (χ3n) is 1.70. The van der Waals surface area contributed by atoms with Gasteiger partial charge in [-0.25, -0.2) is 0 Å². The van der Waals surface area contributed by atoms with Crippen LogP contribution in [0, 0.1) is 0 Å². The number of aromatic nitrogens is 2. The summed E-state index contributed by atoms with van der Waals surface area (Å²) in [6, 6.07) is 0. The summed E-state index contributed by atoms with van der Waals surface area (Å²) in [6.07, 6.45) is 1.63. The summed E-state index contributed by atoms with van der Waals surface area (Å²) in [5.41, 5.74) is 5.33. The fourth-order valence-electron chi connectivity index (χ4n) is 0.949. The monoisotopic (exact) mass is 198 g/mol. The van der Waals surface area contributed by atoms with Crippen LogP contribution in [-0.2, 0) is 17.6 Å². The van der Waals surface area contributed by atoms with E-state index in [1.807, 2.05) is 0 Å². The van der Waals surface area contributed by atoms with E-state index in [1.54, 1.807) is 7.05 Å². The standard InChI is InChI=1S/C8H14N4O2/c1-10-7(13)5-6-11-8(14-12-6)3-2-4-9/h2-5,9H2,1H3,(H,10,13). The summed E-state index contributed by atoms with van der Waals surface area (Å²) in [5.74, 6) is 0.821. The van der Waals surface area contributed by atoms with E-state index in [2.05, 4.69) is 15.5 Å². The molecule has 1 aromatic rings. The first kappa shape index (κ1) is 10.6. The Morgan fingerprint density at radius 2 is 2.43 bits per heavy atom. The molecule has 1 amide bonds. The molecular weight excluding hydrogens is 184 g/mol. The molecule has 0 aliphatic heterocycles. The van der Waals surface area contributed by atoms with Crippen LogP contribution in [0.25, 0.3) is 0 Å². The lowest BCUT2D eigenvalue weighted by Gasteiger charge is -1.92. The molecule has 6 heteroatoms. The van der Waals surface area contributed by atoms with Gasteiger partial charge in [0.05, 0.1) is 6.42 Å². The Labute approximate surface area is 81.9 Å². The molecule has 0 aliphatic carbocycles. The highest BCUT2D eigenvalue weighted by Crippen LogP contribution is 2.00. The number of amides is 1. The van der Waals surface area contributed by atoms with Crippen LogP contribution in [0.5, 0.6) is 0 Å². The van der Waals surface area contributed by atoms with Crippen LogP contribution in [-0.4, -0.2) is 29.6 Å². The summed E-state index contributed by atoms with van der Waals surface area (Å²) < 4.78 is 4.92. The number of nitrogens with zero attached hydrogens (tertiary/aromatic N) is 2. The topological polar surface area (TPSA) is 94.0 Å². The van der Waals surface area contributed by atoms with Gasteiger partial charge in [-0.05, 0) is 13.0 Å². The zero-order valence-corrected chi connectivity index (χ0v) is 8.12. The number of nitrogens with one attached hydrogen (secondary N) is 1. The molecule has 0 saturated carbocycles. The van der Waals surface area contributed by atoms with Gasteiger partial charge in [-0.15, -0.1) is 0 Å². The number of carbonyl (C=O) groups is 1. The van der Waals surface area contributed by atoms with Crippen molar-refractivity contribution in [2.45, 2.75) is 19.3 Å². The van der Waals surface area contributed by atoms with E-state index in [1.165, 1.54) is 0 Å². The maximum Gasteiger partial charge on any atom is 0.227 e. The molecule has 0 saturated heterocycles. The molecule has 78 valence electrons. The summed E-state index contributed by atoms with van der Waals surface area (Å²) in [7, 11) is 1.57. The van der Waals surface area contributed by atoms with Gasteiger partial charge in [-0.2, -0.15) is 4.98 Å². The van der Waals surface area contributed by atoms with Crippen molar-refractivity contribution in [3.63, 3.8) is 0 Å². The van der Waals surface area contributed by atoms with Gasteiger partial charge in [0, 0.05) is 13.5 Å². The molecule has 0 radical (unpaired) electrons. The number of hydrogen-bond acceptors (Lipinski definition) is 5. The van der Waals surface area contributed by atoms with Crippen molar-refractivity contribution < 1.29 is 9.32 Å². The van der Waals surface area contributed by atoms with Crippen molar-refractivity contribution >= 4 is 5.91 Å². The van der Waals surface area contributed by atoms with E-state index in [9.17, 15) is 4.79 Å². The minimum absolute atomic E-state index is 0.129. The molecule has 1 heterocycles. The minimum atomic E-state index is -0.129. The van der Waals surface area contributed by atoms with Crippen LogP contribution in [0.3, 0.4) is 0 Å². The van der Waals surface area contributed by atoms with Crippen LogP contribution >= 0.6 is 0 Å². The molecule has 0 atom stereocenters. The largest absolute Gasteiger partial charge is 0.359 e. The highest BCUT2D eigenvalue weighted by molar-refractivity contribution is 5.77. The Bertz CT molecular complexity index is 297. The van der Waals surface area contributed by atoms with Crippen LogP contribution in [0.2, 0.25) is 0 Å². The van der Waals surface area contributed by atoms with Gasteiger partial charge in [-0.3, -0.25) is 4.79 Å². The van der Waals surface area contributed by atoms with Gasteiger partial charge in [-0.1, -0.05) is 5.16 Å². The minimum Gasteiger partial charge on any atom is -0.359 e. The van der Waals surface area contributed by atoms with Crippen molar-refractivity contribution in [3.05, 3.63) is 11.7 Å². The van der Waals surface area contributed by atoms with Crippen molar-refractivity contribution in [1.29, 1.82) is 0 Å². The van der Waals surface area contributed by atoms with Crippen LogP contribution in [0.1, 0.15) is 18.1 Å². The quantitative estimate of drug-likeness (QED) is 0.649. The summed E-state index contributed by atoms with van der Waals surface area (Å²) in [6.45, 7) is 0.590. The summed E-state index contributed by atoms with van der Waals surface area (Å²) in [4.78, 5) is 15.0. The number of hydrogen-bond donors (Lipinski definition) is 2. The predicted octanol–water partition coefficient (Wildman–Crippen LogP) is -0.751. The normalized spacial score (nSPS) is 10.1. The second kappa shape index (κ2) is 5.33. The lowest BCUT2D eigenvalue weighted by atomic mass is 10.3. The molecular formula is C8H14N4O2. The van der Waals surface area contributed by atoms with Crippen molar-refractivity contribution in [1.82, 2.24) is 15.5 Å². The summed E-state index contributed by atoms with van der Waals surface area (Å²) >= 11 is 0. The maximum atomic E-state index is 11.0. The van der Waals surface area contributed by atoms with Gasteiger partial charge in [0.1, 0.15) is 0 Å². The van der Waals surface area contributed by atoms with Crippen LogP contribution in [0.15, 0.2) is 4.52 Å². The Morgan fingerprint density at radius 1 is 1.64 bits per heavy atom. The highest BCUT2D eigenvalue weighted by Gasteiger charge is 2.08. The van der Waals surface area contributed by atoms with Gasteiger partial charge < -0.3 is 15.6 Å². The Balaban J connectivity index is 2.46. The first-order chi connectivity index (χ1) is 6.76. The third-order valence-corrected chi connectivity index (χ3v) is 1.70. The second-order valence-electron chi connectivity index (χ2n) is 2.85. The van der Waals surface area contributed by atoms with Crippen LogP contribution < -0.4 is 11.1 Å². The van der Waals surface area contributed by atoms with Gasteiger partial charge in [0.25, 0.3) is 0 Å². The SMILES string of the molecule is CNC(=O)Cc1noc(CCCN)n1. The fourth-order valence-corrected chi connectivity index (χ4v) is 0.949. The van der Waals surface area contributed by atoms with E-state index < -0.39 is 0 Å². The molecule has 0 aliphatic rings. The summed E-state index contributed by atoms with van der Waals surface area (Å²) in [5, 5.41) is 6.15. The molecule has 1 rings (SSSR count). The number of nitrogens with two attached hydrogens (primary N) is 1. The van der Waals surface area contributed by atoms with Crippen molar-refractivity contribution in [2.75, 3.05) is 13.6 Å². The number of rotatable bonds is 5. The molecule has 1 aromatic heterocycles. The van der Waals surface area contributed by atoms with Gasteiger partial charge in [0.15, 0.2) is 5.82 Å². The predicted molar refractivity (Wildman–Crippen MR) is 49.4 cm³/mol. The van der Waals surface area contributed by atoms with Crippen molar-refractivity contribution in [3.8, 4) is 0 Å². The first-order valence-electron chi connectivity index (χ1n) is 4.48. The Kier molecular flexibility index (Phi) is 4.06. The molecule has 0 aromatic carbocycles. The molecule has 0 fully saturated rings. The third kappa shape index (κ3) is 3.14. The average Bonchev–Trinajstić information content (AvgIpc) is 2.62. The Morgan fingerprint density at radius 3 is 3.07 bits per heavy atom. The molecule has 0 unspecified atom stereocenters. The van der Waals surface area contributed by atoms with E-state index in [-0.39, 0.29) is 12.3 Å². The van der Waals surface area contributed by atoms with E-state index in [4.69, 9.17) is 10.3 Å². The van der Waals surface area contributed by atoms with Gasteiger partial charge >= 0.3 is 0 Å². The molecule has 0 spiro atoms. The number of aryl methyl sites for hydroxylation is 1. The average molecular weight is 198 g/mol. The highest BCUT2D eigenvalue weighted by atomic mass is 16.5. The van der Waals surface area contributed by atoms with E-state index in [0.29, 0.717) is 24.7 Å². The molecule has 6 nitrogen and oxygen atoms in total. The maximum absolute atomic E-state index is 11.0. The lowest BCUT2D eigenvalue weighted by molar-refractivity contribution is -0.120. The fraction of sp³-hybridized carbons (Fsp3) is 0.625. The number of carbonyl (C=O) groups excluding carboxylic acids is 1. The van der Waals surface area contributed by atoms with Crippen LogP contribution in [0.4, 0.5) is 0 Å². The zero-order valence-electron chi connectivity index (χ0n) is 8.12. The lowest BCUT2D eigenvalue weighted by Crippen LogP contribution is -2.20. The molecule has 14 heavy (non-hydrogen) atoms. The van der Waals surface area contributed by atoms with E-state index >= 15 is 0 Å². The smallest absolute Gasteiger partial charge is 0.227 e. The van der Waals surface area contributed by atoms with E-state index in [0.717, 1.165) is 6.42 Å².